The molecule has 1 unspecified atom stereocenters. The van der Waals surface area contributed by atoms with E-state index < -0.39 is 0 Å². The van der Waals surface area contributed by atoms with Gasteiger partial charge in [0.05, 0.1) is 5.16 Å². The molecule has 0 fully saturated rings. The molecule has 1 N–H and O–H groups in total. The Labute approximate surface area is 54.7 Å². The molecule has 46 valence electrons. The van der Waals surface area contributed by atoms with Crippen molar-refractivity contribution in [2.45, 2.75) is 25.8 Å². The maximum Gasteiger partial charge on any atom is 0.0979 e. The fourth-order valence-corrected chi connectivity index (χ4v) is 1.12. The van der Waals surface area contributed by atoms with Crippen molar-refractivity contribution in [2.75, 3.05) is 0 Å². The first kappa shape index (κ1) is 5.96. The number of hydrogen-bond donors (Lipinski definition) is 1. The van der Waals surface area contributed by atoms with Crippen LogP contribution in [0.25, 0.3) is 0 Å². The van der Waals surface area contributed by atoms with Crippen LogP contribution in [-0.4, -0.2) is 6.04 Å². The van der Waals surface area contributed by atoms with Crippen molar-refractivity contribution in [1.29, 1.82) is 0 Å². The van der Waals surface area contributed by atoms with Gasteiger partial charge in [-0.05, 0) is 25.8 Å². The van der Waals surface area contributed by atoms with Gasteiger partial charge in [0.15, 0.2) is 0 Å². The van der Waals surface area contributed by atoms with Gasteiger partial charge in [-0.2, -0.15) is 0 Å². The summed E-state index contributed by atoms with van der Waals surface area (Å²) < 4.78 is 0. The molecule has 1 aliphatic rings. The highest BCUT2D eigenvalue weighted by Gasteiger charge is 2.05. The largest absolute Gasteiger partial charge is 0.374 e. The summed E-state index contributed by atoms with van der Waals surface area (Å²) in [5, 5.41) is 3.91. The summed E-state index contributed by atoms with van der Waals surface area (Å²) in [5.74, 6) is 0. The molecule has 1 atom stereocenters. The summed E-state index contributed by atoms with van der Waals surface area (Å²) in [6, 6.07) is 0.562. The summed E-state index contributed by atoms with van der Waals surface area (Å²) in [7, 11) is 0. The molecule has 0 spiro atoms. The number of hydrogen-bond acceptors (Lipinski definition) is 1. The van der Waals surface area contributed by atoms with E-state index in [-0.39, 0.29) is 0 Å². The fraction of sp³-hybridized carbons (Fsp3) is 0.667. The van der Waals surface area contributed by atoms with E-state index >= 15 is 0 Å². The van der Waals surface area contributed by atoms with Crippen LogP contribution in [0, 0.1) is 0 Å². The van der Waals surface area contributed by atoms with Crippen molar-refractivity contribution in [3.8, 4) is 0 Å². The van der Waals surface area contributed by atoms with Gasteiger partial charge in [-0.1, -0.05) is 11.6 Å². The third-order valence-corrected chi connectivity index (χ3v) is 1.57. The van der Waals surface area contributed by atoms with Gasteiger partial charge in [-0.15, -0.1) is 0 Å². The quantitative estimate of drug-likeness (QED) is 0.495. The van der Waals surface area contributed by atoms with Crippen LogP contribution in [0.3, 0.4) is 0 Å². The summed E-state index contributed by atoms with van der Waals surface area (Å²) in [6.45, 7) is 2.13. The Bertz CT molecular complexity index is 109. The number of allylic oxidation sites excluding steroid dienone is 1. The highest BCUT2D eigenvalue weighted by molar-refractivity contribution is 6.29. The van der Waals surface area contributed by atoms with Crippen LogP contribution < -0.4 is 5.32 Å². The van der Waals surface area contributed by atoms with Crippen LogP contribution in [0.1, 0.15) is 19.8 Å². The third-order valence-electron chi connectivity index (χ3n) is 1.31. The monoisotopic (exact) mass is 131 g/mol. The standard InChI is InChI=1S/C6H10ClN/c1-5-3-2-4-6(7)8-5/h4-5,8H,2-3H2,1H3. The summed E-state index contributed by atoms with van der Waals surface area (Å²) in [5.41, 5.74) is 0. The zero-order chi connectivity index (χ0) is 5.98. The number of rotatable bonds is 0. The average Bonchev–Trinajstić information content (AvgIpc) is 1.64. The van der Waals surface area contributed by atoms with Gasteiger partial charge >= 0.3 is 0 Å². The third kappa shape index (κ3) is 1.41. The maximum atomic E-state index is 5.66. The van der Waals surface area contributed by atoms with Gasteiger partial charge in [-0.3, -0.25) is 0 Å². The molecule has 0 radical (unpaired) electrons. The van der Waals surface area contributed by atoms with E-state index in [0.29, 0.717) is 6.04 Å². The molecular formula is C6H10ClN. The van der Waals surface area contributed by atoms with E-state index in [2.05, 4.69) is 12.2 Å². The van der Waals surface area contributed by atoms with E-state index in [1.165, 1.54) is 6.42 Å². The lowest BCUT2D eigenvalue weighted by molar-refractivity contribution is 0.561. The van der Waals surface area contributed by atoms with Crippen LogP contribution in [-0.2, 0) is 0 Å². The summed E-state index contributed by atoms with van der Waals surface area (Å²) in [4.78, 5) is 0. The Balaban J connectivity index is 2.45. The van der Waals surface area contributed by atoms with Gasteiger partial charge in [0.1, 0.15) is 0 Å². The Morgan fingerprint density at radius 2 is 2.62 bits per heavy atom. The van der Waals surface area contributed by atoms with E-state index in [1.807, 2.05) is 6.08 Å². The second-order valence-corrected chi connectivity index (χ2v) is 2.58. The topological polar surface area (TPSA) is 12.0 Å². The molecule has 0 amide bonds. The zero-order valence-electron chi connectivity index (χ0n) is 4.95. The Morgan fingerprint density at radius 3 is 3.00 bits per heavy atom. The van der Waals surface area contributed by atoms with Crippen molar-refractivity contribution in [3.63, 3.8) is 0 Å². The maximum absolute atomic E-state index is 5.66. The lowest BCUT2D eigenvalue weighted by Gasteiger charge is -2.17. The van der Waals surface area contributed by atoms with Crippen LogP contribution in [0.5, 0.6) is 0 Å². The minimum Gasteiger partial charge on any atom is -0.374 e. The lowest BCUT2D eigenvalue weighted by Crippen LogP contribution is -2.25. The van der Waals surface area contributed by atoms with Crippen molar-refractivity contribution in [1.82, 2.24) is 5.32 Å². The smallest absolute Gasteiger partial charge is 0.0979 e. The van der Waals surface area contributed by atoms with E-state index in [0.717, 1.165) is 11.6 Å². The molecule has 1 aliphatic heterocycles. The van der Waals surface area contributed by atoms with Gasteiger partial charge in [-0.25, -0.2) is 0 Å². The molecule has 1 rings (SSSR count). The molecule has 2 heteroatoms. The number of nitrogens with one attached hydrogen (secondary N) is 1. The molecule has 0 saturated heterocycles. The molecule has 0 saturated carbocycles. The average molecular weight is 132 g/mol. The van der Waals surface area contributed by atoms with Crippen LogP contribution >= 0.6 is 11.6 Å². The Hall–Kier alpha value is -0.170. The SMILES string of the molecule is CC1CCC=C(Cl)N1. The van der Waals surface area contributed by atoms with E-state index in [9.17, 15) is 0 Å². The molecule has 0 bridgehead atoms. The van der Waals surface area contributed by atoms with E-state index in [1.54, 1.807) is 0 Å². The molecular weight excluding hydrogens is 122 g/mol. The molecule has 0 aromatic rings. The predicted octanol–water partition coefficient (Wildman–Crippen LogP) is 1.84. The normalized spacial score (nSPS) is 28.8. The Morgan fingerprint density at radius 1 is 1.88 bits per heavy atom. The van der Waals surface area contributed by atoms with E-state index in [4.69, 9.17) is 11.6 Å². The first-order chi connectivity index (χ1) is 3.79. The summed E-state index contributed by atoms with van der Waals surface area (Å²) in [6.07, 6.45) is 4.34. The predicted molar refractivity (Wildman–Crippen MR) is 35.8 cm³/mol. The molecule has 0 aliphatic carbocycles. The van der Waals surface area contributed by atoms with Gasteiger partial charge < -0.3 is 5.32 Å². The van der Waals surface area contributed by atoms with Crippen LogP contribution in [0.2, 0.25) is 0 Å². The van der Waals surface area contributed by atoms with Crippen molar-refractivity contribution in [2.24, 2.45) is 0 Å². The highest BCUT2D eigenvalue weighted by Crippen LogP contribution is 2.10. The number of halogens is 1. The van der Waals surface area contributed by atoms with Crippen LogP contribution in [0.4, 0.5) is 0 Å². The minimum absolute atomic E-state index is 0.562. The molecule has 1 heterocycles. The molecule has 0 aromatic heterocycles. The second kappa shape index (κ2) is 2.40. The zero-order valence-corrected chi connectivity index (χ0v) is 5.70. The second-order valence-electron chi connectivity index (χ2n) is 2.17. The van der Waals surface area contributed by atoms with Gasteiger partial charge in [0, 0.05) is 6.04 Å². The summed E-state index contributed by atoms with van der Waals surface area (Å²) >= 11 is 5.66. The van der Waals surface area contributed by atoms with Crippen molar-refractivity contribution in [3.05, 3.63) is 11.2 Å². The fourth-order valence-electron chi connectivity index (χ4n) is 0.827. The first-order valence-electron chi connectivity index (χ1n) is 2.91. The van der Waals surface area contributed by atoms with Gasteiger partial charge in [0.25, 0.3) is 0 Å². The minimum atomic E-state index is 0.562. The molecule has 1 nitrogen and oxygen atoms in total. The lowest BCUT2D eigenvalue weighted by atomic mass is 10.1. The molecule has 0 aromatic carbocycles. The van der Waals surface area contributed by atoms with Crippen molar-refractivity contribution < 1.29 is 0 Å². The Kier molecular flexibility index (Phi) is 1.79. The van der Waals surface area contributed by atoms with Crippen molar-refractivity contribution >= 4 is 11.6 Å². The van der Waals surface area contributed by atoms with Gasteiger partial charge in [0.2, 0.25) is 0 Å². The molecule has 8 heavy (non-hydrogen) atoms. The highest BCUT2D eigenvalue weighted by atomic mass is 35.5. The van der Waals surface area contributed by atoms with Crippen LogP contribution in [0.15, 0.2) is 11.2 Å². The first-order valence-corrected chi connectivity index (χ1v) is 3.29.